The number of amides is 2. The molecular formula is C30H32N2O8S. The number of carboxylic acid groups (broad SMARTS) is 1. The summed E-state index contributed by atoms with van der Waals surface area (Å²) in [5.41, 5.74) is 1.13. The van der Waals surface area contributed by atoms with Crippen molar-refractivity contribution < 1.29 is 37.4 Å². The lowest BCUT2D eigenvalue weighted by Crippen LogP contribution is -2.54. The maximum Gasteiger partial charge on any atom is 0.415 e. The molecule has 0 aromatic heterocycles. The highest BCUT2D eigenvalue weighted by Gasteiger charge is 2.48. The third kappa shape index (κ3) is 7.23. The van der Waals surface area contributed by atoms with Gasteiger partial charge in [-0.25, -0.2) is 18.0 Å². The van der Waals surface area contributed by atoms with Crippen LogP contribution in [0.25, 0.3) is 0 Å². The molecule has 3 aromatic rings. The van der Waals surface area contributed by atoms with Gasteiger partial charge in [-0.1, -0.05) is 36.4 Å². The average molecular weight is 581 g/mol. The summed E-state index contributed by atoms with van der Waals surface area (Å²) in [5, 5.41) is 10.1. The van der Waals surface area contributed by atoms with E-state index in [9.17, 15) is 27.9 Å². The molecule has 2 amide bonds. The fourth-order valence-corrected chi connectivity index (χ4v) is 5.91. The lowest BCUT2D eigenvalue weighted by atomic mass is 10.1. The number of carboxylic acids is 1. The van der Waals surface area contributed by atoms with Gasteiger partial charge in [-0.3, -0.25) is 9.69 Å². The largest absolute Gasteiger partial charge is 0.489 e. The number of anilines is 2. The number of fused-ring (bicyclic) bond motifs is 1. The fourth-order valence-electron chi connectivity index (χ4n) is 4.67. The Labute approximate surface area is 238 Å². The minimum absolute atomic E-state index is 0.0391. The molecule has 0 saturated carbocycles. The van der Waals surface area contributed by atoms with Crippen molar-refractivity contribution >= 4 is 39.2 Å². The number of rotatable bonds is 8. The summed E-state index contributed by atoms with van der Waals surface area (Å²) in [7, 11) is -4.09. The summed E-state index contributed by atoms with van der Waals surface area (Å²) in [6.45, 7) is 5.37. The van der Waals surface area contributed by atoms with Crippen LogP contribution in [0.3, 0.4) is 0 Å². The number of ether oxygens (including phenoxy) is 2. The first kappa shape index (κ1) is 29.6. The molecule has 10 nitrogen and oxygen atoms in total. The van der Waals surface area contributed by atoms with Gasteiger partial charge in [-0.15, -0.1) is 0 Å². The first-order chi connectivity index (χ1) is 19.2. The quantitative estimate of drug-likeness (QED) is 0.392. The maximum atomic E-state index is 13.5. The van der Waals surface area contributed by atoms with Crippen molar-refractivity contribution in [2.24, 2.45) is 0 Å². The number of sulfone groups is 1. The van der Waals surface area contributed by atoms with Gasteiger partial charge in [0.05, 0.1) is 17.3 Å². The van der Waals surface area contributed by atoms with Gasteiger partial charge < -0.3 is 19.9 Å². The second kappa shape index (κ2) is 11.6. The molecule has 0 spiro atoms. The van der Waals surface area contributed by atoms with Crippen LogP contribution in [0.4, 0.5) is 16.2 Å². The first-order valence-corrected chi connectivity index (χ1v) is 14.8. The van der Waals surface area contributed by atoms with Gasteiger partial charge >= 0.3 is 12.1 Å². The van der Waals surface area contributed by atoms with E-state index in [1.165, 1.54) is 29.2 Å². The Bertz CT molecular complexity index is 1560. The Morgan fingerprint density at radius 3 is 2.37 bits per heavy atom. The number of carbonyl (C=O) groups is 3. The average Bonchev–Trinajstić information content (AvgIpc) is 3.24. The highest BCUT2D eigenvalue weighted by molar-refractivity contribution is 7.92. The van der Waals surface area contributed by atoms with Gasteiger partial charge in [-0.05, 0) is 74.7 Å². The van der Waals surface area contributed by atoms with E-state index in [0.717, 1.165) is 11.8 Å². The van der Waals surface area contributed by atoms with Crippen LogP contribution in [0.15, 0.2) is 72.8 Å². The number of hydrogen-bond donors (Lipinski definition) is 2. The van der Waals surface area contributed by atoms with Crippen molar-refractivity contribution in [1.82, 2.24) is 0 Å². The summed E-state index contributed by atoms with van der Waals surface area (Å²) in [5.74, 6) is -1.58. The van der Waals surface area contributed by atoms with E-state index in [-0.39, 0.29) is 17.7 Å². The molecule has 0 bridgehead atoms. The molecule has 2 atom stereocenters. The second-order valence-corrected chi connectivity index (χ2v) is 13.0. The van der Waals surface area contributed by atoms with E-state index < -0.39 is 44.7 Å². The topological polar surface area (TPSA) is 139 Å². The summed E-state index contributed by atoms with van der Waals surface area (Å²) in [4.78, 5) is 39.5. The summed E-state index contributed by atoms with van der Waals surface area (Å²) < 4.78 is 37.7. The van der Waals surface area contributed by atoms with Crippen molar-refractivity contribution in [3.63, 3.8) is 0 Å². The Kier molecular flexibility index (Phi) is 8.39. The number of carbonyl (C=O) groups excluding carboxylic acids is 2. The van der Waals surface area contributed by atoms with Gasteiger partial charge in [0, 0.05) is 11.9 Å². The molecule has 1 aliphatic heterocycles. The van der Waals surface area contributed by atoms with Crippen LogP contribution >= 0.6 is 0 Å². The third-order valence-electron chi connectivity index (χ3n) is 6.36. The van der Waals surface area contributed by atoms with E-state index in [1.54, 1.807) is 39.0 Å². The zero-order valence-corrected chi connectivity index (χ0v) is 24.0. The van der Waals surface area contributed by atoms with E-state index >= 15 is 0 Å². The molecule has 0 fully saturated rings. The predicted octanol–water partition coefficient (Wildman–Crippen LogP) is 4.68. The first-order valence-electron chi connectivity index (χ1n) is 12.9. The molecular weight excluding hydrogens is 548 g/mol. The lowest BCUT2D eigenvalue weighted by molar-refractivity contribution is -0.116. The van der Waals surface area contributed by atoms with E-state index in [4.69, 9.17) is 9.47 Å². The van der Waals surface area contributed by atoms with Crippen molar-refractivity contribution in [3.05, 3.63) is 89.5 Å². The van der Waals surface area contributed by atoms with Crippen molar-refractivity contribution in [3.8, 4) is 5.75 Å². The maximum absolute atomic E-state index is 13.5. The molecule has 0 saturated heterocycles. The minimum Gasteiger partial charge on any atom is -0.489 e. The van der Waals surface area contributed by atoms with Crippen molar-refractivity contribution in [2.45, 2.75) is 50.7 Å². The van der Waals surface area contributed by atoms with Crippen LogP contribution < -0.4 is 15.0 Å². The van der Waals surface area contributed by atoms with E-state index in [0.29, 0.717) is 23.6 Å². The predicted molar refractivity (Wildman–Crippen MR) is 154 cm³/mol. The van der Waals surface area contributed by atoms with Gasteiger partial charge in [0.2, 0.25) is 5.91 Å². The van der Waals surface area contributed by atoms with E-state index in [2.05, 4.69) is 5.32 Å². The van der Waals surface area contributed by atoms with Crippen LogP contribution in [0.1, 0.15) is 42.3 Å². The molecule has 0 radical (unpaired) electrons. The number of aromatic carboxylic acids is 1. The molecule has 2 unspecified atom stereocenters. The van der Waals surface area contributed by atoms with Crippen LogP contribution in [0.5, 0.6) is 5.75 Å². The summed E-state index contributed by atoms with van der Waals surface area (Å²) in [6, 6.07) is 18.9. The Morgan fingerprint density at radius 1 is 1.02 bits per heavy atom. The SMILES string of the molecule is CC(C)(C)OC(=O)N1c2ccc(OCc3ccccc3)cc2CC1C(C(=O)Nc1cccc(C(=O)O)c1)S(C)(=O)=O. The zero-order valence-electron chi connectivity index (χ0n) is 23.2. The molecule has 4 rings (SSSR count). The third-order valence-corrected chi connectivity index (χ3v) is 7.81. The zero-order chi connectivity index (χ0) is 29.9. The molecule has 3 aromatic carbocycles. The standard InChI is InChI=1S/C30H32N2O8S/c1-30(2,3)40-29(36)32-24-14-13-23(39-18-19-9-6-5-7-10-19)16-21(24)17-25(32)26(41(4,37)38)27(33)31-22-12-8-11-20(15-22)28(34)35/h5-16,25-26H,17-18H2,1-4H3,(H,31,33)(H,34,35). The van der Waals surface area contributed by atoms with Crippen molar-refractivity contribution in [1.29, 1.82) is 0 Å². The molecule has 1 aliphatic rings. The van der Waals surface area contributed by atoms with E-state index in [1.807, 2.05) is 30.3 Å². The number of hydrogen-bond acceptors (Lipinski definition) is 7. The van der Waals surface area contributed by atoms with Crippen LogP contribution in [-0.4, -0.2) is 54.6 Å². The summed E-state index contributed by atoms with van der Waals surface area (Å²) in [6.07, 6.45) is 0.168. The van der Waals surface area contributed by atoms with Crippen LogP contribution in [0, 0.1) is 0 Å². The number of benzene rings is 3. The van der Waals surface area contributed by atoms with Gasteiger partial charge in [-0.2, -0.15) is 0 Å². The normalized spacial score (nSPS) is 15.5. The molecule has 1 heterocycles. The fraction of sp³-hybridized carbons (Fsp3) is 0.300. The number of nitrogens with one attached hydrogen (secondary N) is 1. The van der Waals surface area contributed by atoms with Gasteiger partial charge in [0.15, 0.2) is 15.1 Å². The smallest absolute Gasteiger partial charge is 0.415 e. The molecule has 216 valence electrons. The van der Waals surface area contributed by atoms with Crippen molar-refractivity contribution in [2.75, 3.05) is 16.5 Å². The van der Waals surface area contributed by atoms with Crippen LogP contribution in [0.2, 0.25) is 0 Å². The molecule has 41 heavy (non-hydrogen) atoms. The highest BCUT2D eigenvalue weighted by Crippen LogP contribution is 2.39. The minimum atomic E-state index is -4.09. The van der Waals surface area contributed by atoms with Gasteiger partial charge in [0.1, 0.15) is 18.0 Å². The molecule has 2 N–H and O–H groups in total. The second-order valence-electron chi connectivity index (χ2n) is 10.8. The molecule has 11 heteroatoms. The Morgan fingerprint density at radius 2 is 1.73 bits per heavy atom. The van der Waals surface area contributed by atoms with Crippen LogP contribution in [-0.2, 0) is 32.4 Å². The van der Waals surface area contributed by atoms with Gasteiger partial charge in [0.25, 0.3) is 0 Å². The molecule has 0 aliphatic carbocycles. The number of nitrogens with zero attached hydrogens (tertiary/aromatic N) is 1. The highest BCUT2D eigenvalue weighted by atomic mass is 32.2. The Hall–Kier alpha value is -4.38. The summed E-state index contributed by atoms with van der Waals surface area (Å²) >= 11 is 0. The Balaban J connectivity index is 1.68. The lowest BCUT2D eigenvalue weighted by Gasteiger charge is -2.32. The monoisotopic (exact) mass is 580 g/mol.